The number of hydrogen-bond donors (Lipinski definition) is 1. The average Bonchev–Trinajstić information content (AvgIpc) is 2.36. The third-order valence-corrected chi connectivity index (χ3v) is 3.41. The lowest BCUT2D eigenvalue weighted by Gasteiger charge is -2.35. The van der Waals surface area contributed by atoms with Crippen LogP contribution in [0.4, 0.5) is 0 Å². The number of para-hydroxylation sites is 1. The van der Waals surface area contributed by atoms with Crippen LogP contribution >= 0.6 is 0 Å². The standard InChI is InChI=1S/C14H24N2O/c1-5-12-8-6-7-9-13(12)17-11-14(2,10-15)16(3)4/h6-9H,5,10-11,15H2,1-4H3. The molecule has 0 bridgehead atoms. The van der Waals surface area contributed by atoms with E-state index in [4.69, 9.17) is 10.5 Å². The number of aryl methyl sites for hydroxylation is 1. The van der Waals surface area contributed by atoms with Gasteiger partial charge in [-0.05, 0) is 39.1 Å². The van der Waals surface area contributed by atoms with Gasteiger partial charge in [0.05, 0.1) is 5.54 Å². The van der Waals surface area contributed by atoms with Gasteiger partial charge in [-0.2, -0.15) is 0 Å². The zero-order valence-corrected chi connectivity index (χ0v) is 11.4. The molecule has 0 spiro atoms. The summed E-state index contributed by atoms with van der Waals surface area (Å²) in [4.78, 5) is 2.11. The smallest absolute Gasteiger partial charge is 0.122 e. The van der Waals surface area contributed by atoms with E-state index < -0.39 is 0 Å². The van der Waals surface area contributed by atoms with Crippen LogP contribution in [0.5, 0.6) is 5.75 Å². The summed E-state index contributed by atoms with van der Waals surface area (Å²) in [6.45, 7) is 5.43. The van der Waals surface area contributed by atoms with E-state index in [9.17, 15) is 0 Å². The van der Waals surface area contributed by atoms with Crippen LogP contribution in [0.2, 0.25) is 0 Å². The van der Waals surface area contributed by atoms with Gasteiger partial charge < -0.3 is 10.5 Å². The van der Waals surface area contributed by atoms with Crippen LogP contribution in [0.3, 0.4) is 0 Å². The predicted molar refractivity (Wildman–Crippen MR) is 72.5 cm³/mol. The summed E-state index contributed by atoms with van der Waals surface area (Å²) in [5, 5.41) is 0. The van der Waals surface area contributed by atoms with E-state index in [1.807, 2.05) is 32.3 Å². The third kappa shape index (κ3) is 3.45. The van der Waals surface area contributed by atoms with Gasteiger partial charge in [-0.3, -0.25) is 4.90 Å². The molecule has 1 aromatic carbocycles. The van der Waals surface area contributed by atoms with Crippen LogP contribution in [0.15, 0.2) is 24.3 Å². The van der Waals surface area contributed by atoms with Crippen molar-refractivity contribution in [2.24, 2.45) is 5.73 Å². The molecule has 0 heterocycles. The Labute approximate surface area is 105 Å². The lowest BCUT2D eigenvalue weighted by molar-refractivity contribution is 0.104. The highest BCUT2D eigenvalue weighted by atomic mass is 16.5. The third-order valence-electron chi connectivity index (χ3n) is 3.41. The Hall–Kier alpha value is -1.06. The summed E-state index contributed by atoms with van der Waals surface area (Å²) < 4.78 is 5.92. The van der Waals surface area contributed by atoms with Gasteiger partial charge >= 0.3 is 0 Å². The highest BCUT2D eigenvalue weighted by Gasteiger charge is 2.26. The monoisotopic (exact) mass is 236 g/mol. The molecule has 0 fully saturated rings. The second-order valence-corrected chi connectivity index (χ2v) is 4.85. The highest BCUT2D eigenvalue weighted by Crippen LogP contribution is 2.20. The summed E-state index contributed by atoms with van der Waals surface area (Å²) in [6.07, 6.45) is 0.984. The van der Waals surface area contributed by atoms with Gasteiger partial charge in [0.25, 0.3) is 0 Å². The number of likely N-dealkylation sites (N-methyl/N-ethyl adjacent to an activating group) is 1. The molecule has 3 nitrogen and oxygen atoms in total. The zero-order chi connectivity index (χ0) is 12.9. The van der Waals surface area contributed by atoms with Gasteiger partial charge in [-0.15, -0.1) is 0 Å². The summed E-state index contributed by atoms with van der Waals surface area (Å²) >= 11 is 0. The van der Waals surface area contributed by atoms with Crippen molar-refractivity contribution in [2.75, 3.05) is 27.2 Å². The molecule has 1 unspecified atom stereocenters. The minimum Gasteiger partial charge on any atom is -0.491 e. The van der Waals surface area contributed by atoms with Crippen molar-refractivity contribution in [1.29, 1.82) is 0 Å². The minimum atomic E-state index is -0.124. The molecule has 0 aliphatic heterocycles. The predicted octanol–water partition coefficient (Wildman–Crippen LogP) is 1.91. The minimum absolute atomic E-state index is 0.124. The summed E-state index contributed by atoms with van der Waals surface area (Å²) in [6, 6.07) is 8.17. The van der Waals surface area contributed by atoms with Crippen molar-refractivity contribution in [3.8, 4) is 5.75 Å². The van der Waals surface area contributed by atoms with Crippen molar-refractivity contribution in [2.45, 2.75) is 25.8 Å². The molecule has 2 N–H and O–H groups in total. The van der Waals surface area contributed by atoms with Crippen molar-refractivity contribution in [3.63, 3.8) is 0 Å². The SMILES string of the molecule is CCc1ccccc1OCC(C)(CN)N(C)C. The van der Waals surface area contributed by atoms with E-state index in [1.54, 1.807) is 0 Å². The number of hydrogen-bond acceptors (Lipinski definition) is 3. The average molecular weight is 236 g/mol. The molecule has 0 aliphatic carbocycles. The van der Waals surface area contributed by atoms with Gasteiger partial charge in [-0.1, -0.05) is 25.1 Å². The molecule has 1 atom stereocenters. The quantitative estimate of drug-likeness (QED) is 0.820. The zero-order valence-electron chi connectivity index (χ0n) is 11.4. The van der Waals surface area contributed by atoms with Crippen LogP contribution in [-0.2, 0) is 6.42 Å². The Balaban J connectivity index is 2.72. The summed E-state index contributed by atoms with van der Waals surface area (Å²) in [5.41, 5.74) is 6.94. The largest absolute Gasteiger partial charge is 0.491 e. The Morgan fingerprint density at radius 1 is 1.29 bits per heavy atom. The van der Waals surface area contributed by atoms with Gasteiger partial charge in [0.15, 0.2) is 0 Å². The first kappa shape index (κ1) is 14.0. The van der Waals surface area contributed by atoms with Gasteiger partial charge in [0.2, 0.25) is 0 Å². The van der Waals surface area contributed by atoms with Crippen LogP contribution in [-0.4, -0.2) is 37.7 Å². The molecule has 17 heavy (non-hydrogen) atoms. The number of nitrogens with two attached hydrogens (primary N) is 1. The normalized spacial score (nSPS) is 14.7. The summed E-state index contributed by atoms with van der Waals surface area (Å²) in [7, 11) is 4.06. The maximum Gasteiger partial charge on any atom is 0.122 e. The van der Waals surface area contributed by atoms with Crippen LogP contribution in [0.25, 0.3) is 0 Å². The van der Waals surface area contributed by atoms with E-state index in [-0.39, 0.29) is 5.54 Å². The van der Waals surface area contributed by atoms with Crippen LogP contribution in [0, 0.1) is 0 Å². The lowest BCUT2D eigenvalue weighted by Crippen LogP contribution is -2.52. The Bertz CT molecular complexity index is 352. The molecule has 1 rings (SSSR count). The van der Waals surface area contributed by atoms with Crippen LogP contribution < -0.4 is 10.5 Å². The molecule has 0 saturated carbocycles. The van der Waals surface area contributed by atoms with Crippen molar-refractivity contribution in [3.05, 3.63) is 29.8 Å². The molecule has 0 saturated heterocycles. The molecule has 3 heteroatoms. The topological polar surface area (TPSA) is 38.5 Å². The number of nitrogens with zero attached hydrogens (tertiary/aromatic N) is 1. The van der Waals surface area contributed by atoms with Gasteiger partial charge in [0.1, 0.15) is 12.4 Å². The van der Waals surface area contributed by atoms with Crippen molar-refractivity contribution in [1.82, 2.24) is 4.90 Å². The fraction of sp³-hybridized carbons (Fsp3) is 0.571. The van der Waals surface area contributed by atoms with E-state index in [2.05, 4.69) is 24.8 Å². The molecule has 0 radical (unpaired) electrons. The molecule has 0 amide bonds. The van der Waals surface area contributed by atoms with E-state index >= 15 is 0 Å². The van der Waals surface area contributed by atoms with E-state index in [0.29, 0.717) is 13.2 Å². The van der Waals surface area contributed by atoms with Gasteiger partial charge in [0, 0.05) is 6.54 Å². The first-order chi connectivity index (χ1) is 8.03. The van der Waals surface area contributed by atoms with E-state index in [1.165, 1.54) is 5.56 Å². The second kappa shape index (κ2) is 6.03. The summed E-state index contributed by atoms with van der Waals surface area (Å²) in [5.74, 6) is 0.969. The first-order valence-corrected chi connectivity index (χ1v) is 6.11. The number of rotatable bonds is 6. The fourth-order valence-corrected chi connectivity index (χ4v) is 1.54. The van der Waals surface area contributed by atoms with Crippen LogP contribution in [0.1, 0.15) is 19.4 Å². The van der Waals surface area contributed by atoms with E-state index in [0.717, 1.165) is 12.2 Å². The fourth-order valence-electron chi connectivity index (χ4n) is 1.54. The maximum absolute atomic E-state index is 5.92. The lowest BCUT2D eigenvalue weighted by atomic mass is 10.0. The Morgan fingerprint density at radius 2 is 1.94 bits per heavy atom. The molecule has 96 valence electrons. The first-order valence-electron chi connectivity index (χ1n) is 6.11. The van der Waals surface area contributed by atoms with Gasteiger partial charge in [-0.25, -0.2) is 0 Å². The number of benzene rings is 1. The molecular formula is C14H24N2O. The molecular weight excluding hydrogens is 212 g/mol. The number of ether oxygens (including phenoxy) is 1. The molecule has 0 aliphatic rings. The maximum atomic E-state index is 5.92. The molecule has 1 aromatic rings. The Morgan fingerprint density at radius 3 is 2.47 bits per heavy atom. The molecule has 0 aromatic heterocycles. The Kier molecular flexibility index (Phi) is 4.97. The van der Waals surface area contributed by atoms with Crippen molar-refractivity contribution < 1.29 is 4.74 Å². The second-order valence-electron chi connectivity index (χ2n) is 4.85. The highest BCUT2D eigenvalue weighted by molar-refractivity contribution is 5.33. The van der Waals surface area contributed by atoms with Crippen molar-refractivity contribution >= 4 is 0 Å².